The normalized spacial score (nSPS) is 12.2. The van der Waals surface area contributed by atoms with Crippen LogP contribution in [0.15, 0.2) is 41.3 Å². The fraction of sp³-hybridized carbons (Fsp3) is 0.316. The Balaban J connectivity index is 2.23. The van der Waals surface area contributed by atoms with E-state index >= 15 is 0 Å². The lowest BCUT2D eigenvalue weighted by atomic mass is 10.1. The molecule has 0 heterocycles. The van der Waals surface area contributed by atoms with E-state index in [1.807, 2.05) is 6.92 Å². The first kappa shape index (κ1) is 20.6. The number of carbonyl (C=O) groups excluding carboxylic acids is 1. The number of methoxy groups -OCH3 is 3. The molecule has 2 aromatic rings. The Morgan fingerprint density at radius 3 is 1.89 bits per heavy atom. The second-order valence-corrected chi connectivity index (χ2v) is 7.97. The lowest BCUT2D eigenvalue weighted by Crippen LogP contribution is -2.26. The molecule has 0 bridgehead atoms. The number of amides is 1. The largest absolute Gasteiger partial charge is 0.493 e. The highest BCUT2D eigenvalue weighted by Crippen LogP contribution is 2.38. The summed E-state index contributed by atoms with van der Waals surface area (Å²) in [7, 11) is 1.18. The first-order valence-electron chi connectivity index (χ1n) is 8.12. The first-order valence-corrected chi connectivity index (χ1v) is 10.0. The maximum absolute atomic E-state index is 12.6. The molecule has 0 spiro atoms. The van der Waals surface area contributed by atoms with Crippen LogP contribution in [0.4, 0.5) is 0 Å². The fourth-order valence-corrected chi connectivity index (χ4v) is 3.21. The Labute approximate surface area is 159 Å². The van der Waals surface area contributed by atoms with Gasteiger partial charge in [-0.15, -0.1) is 0 Å². The lowest BCUT2D eigenvalue weighted by molar-refractivity contribution is 0.0939. The maximum atomic E-state index is 12.6. The van der Waals surface area contributed by atoms with Crippen LogP contribution in [0.25, 0.3) is 0 Å². The predicted molar refractivity (Wildman–Crippen MR) is 102 cm³/mol. The molecule has 1 atom stereocenters. The summed E-state index contributed by atoms with van der Waals surface area (Å²) in [5, 5.41) is 2.87. The first-order chi connectivity index (χ1) is 12.7. The number of sulfone groups is 1. The van der Waals surface area contributed by atoms with Crippen molar-refractivity contribution in [1.29, 1.82) is 0 Å². The molecule has 0 aromatic heterocycles. The number of hydrogen-bond acceptors (Lipinski definition) is 6. The van der Waals surface area contributed by atoms with E-state index < -0.39 is 9.84 Å². The van der Waals surface area contributed by atoms with Crippen LogP contribution in [0.3, 0.4) is 0 Å². The van der Waals surface area contributed by atoms with Crippen molar-refractivity contribution in [2.75, 3.05) is 27.6 Å². The second-order valence-electron chi connectivity index (χ2n) is 5.95. The standard InChI is InChI=1S/C19H23NO6S/c1-12(13-6-8-15(9-7-13)27(5,22)23)20-19(21)14-10-16(24-2)18(26-4)17(11-14)25-3/h6-12H,1-5H3,(H,20,21)/t12-/m1/s1. The van der Waals surface area contributed by atoms with Crippen molar-refractivity contribution in [3.8, 4) is 17.2 Å². The van der Waals surface area contributed by atoms with Crippen LogP contribution in [0, 0.1) is 0 Å². The van der Waals surface area contributed by atoms with Crippen molar-refractivity contribution in [1.82, 2.24) is 5.32 Å². The average molecular weight is 393 g/mol. The molecular formula is C19H23NO6S. The number of ether oxygens (including phenoxy) is 3. The van der Waals surface area contributed by atoms with E-state index in [0.717, 1.165) is 11.8 Å². The molecule has 2 aromatic carbocycles. The summed E-state index contributed by atoms with van der Waals surface area (Å²) in [4.78, 5) is 12.9. The number of nitrogens with one attached hydrogen (secondary N) is 1. The zero-order chi connectivity index (χ0) is 20.2. The van der Waals surface area contributed by atoms with Gasteiger partial charge in [0.25, 0.3) is 5.91 Å². The van der Waals surface area contributed by atoms with Crippen molar-refractivity contribution in [3.63, 3.8) is 0 Å². The van der Waals surface area contributed by atoms with Crippen LogP contribution in [0.2, 0.25) is 0 Å². The second kappa shape index (κ2) is 8.30. The molecule has 0 aliphatic carbocycles. The molecule has 0 aliphatic heterocycles. The SMILES string of the molecule is COc1cc(C(=O)N[C@H](C)c2ccc(S(C)(=O)=O)cc2)cc(OC)c1OC. The zero-order valence-electron chi connectivity index (χ0n) is 15.9. The maximum Gasteiger partial charge on any atom is 0.252 e. The van der Waals surface area contributed by atoms with Crippen LogP contribution in [-0.4, -0.2) is 41.9 Å². The minimum Gasteiger partial charge on any atom is -0.493 e. The van der Waals surface area contributed by atoms with Gasteiger partial charge in [0.2, 0.25) is 5.75 Å². The summed E-state index contributed by atoms with van der Waals surface area (Å²) >= 11 is 0. The predicted octanol–water partition coefficient (Wildman–Crippen LogP) is 2.61. The van der Waals surface area contributed by atoms with Crippen molar-refractivity contribution in [2.45, 2.75) is 17.9 Å². The van der Waals surface area contributed by atoms with Crippen LogP contribution in [0.1, 0.15) is 28.9 Å². The molecule has 146 valence electrons. The fourth-order valence-electron chi connectivity index (χ4n) is 2.58. The topological polar surface area (TPSA) is 90.9 Å². The molecule has 1 N–H and O–H groups in total. The van der Waals surface area contributed by atoms with Crippen molar-refractivity contribution < 1.29 is 27.4 Å². The van der Waals surface area contributed by atoms with Crippen LogP contribution >= 0.6 is 0 Å². The van der Waals surface area contributed by atoms with Gasteiger partial charge in [-0.05, 0) is 36.8 Å². The molecule has 0 saturated carbocycles. The van der Waals surface area contributed by atoms with Crippen molar-refractivity contribution in [2.24, 2.45) is 0 Å². The van der Waals surface area contributed by atoms with Crippen LogP contribution in [-0.2, 0) is 9.84 Å². The van der Waals surface area contributed by atoms with Gasteiger partial charge in [0.15, 0.2) is 21.3 Å². The average Bonchev–Trinajstić information content (AvgIpc) is 2.65. The third-order valence-corrected chi connectivity index (χ3v) is 5.21. The highest BCUT2D eigenvalue weighted by atomic mass is 32.2. The van der Waals surface area contributed by atoms with Gasteiger partial charge in [-0.3, -0.25) is 4.79 Å². The Kier molecular flexibility index (Phi) is 6.32. The van der Waals surface area contributed by atoms with Crippen molar-refractivity contribution >= 4 is 15.7 Å². The number of carbonyl (C=O) groups is 1. The summed E-state index contributed by atoms with van der Waals surface area (Å²) in [6, 6.07) is 9.20. The monoisotopic (exact) mass is 393 g/mol. The molecule has 1 amide bonds. The van der Waals surface area contributed by atoms with E-state index in [1.165, 1.54) is 33.5 Å². The third kappa shape index (κ3) is 4.71. The van der Waals surface area contributed by atoms with Gasteiger partial charge >= 0.3 is 0 Å². The number of hydrogen-bond donors (Lipinski definition) is 1. The van der Waals surface area contributed by atoms with Gasteiger partial charge < -0.3 is 19.5 Å². The molecule has 0 fully saturated rings. The van der Waals surface area contributed by atoms with Gasteiger partial charge in [0.05, 0.1) is 32.3 Å². The van der Waals surface area contributed by atoms with Gasteiger partial charge in [0.1, 0.15) is 0 Å². The number of benzene rings is 2. The Bertz CT molecular complexity index is 897. The molecule has 2 rings (SSSR count). The molecule has 0 saturated heterocycles. The smallest absolute Gasteiger partial charge is 0.252 e. The summed E-state index contributed by atoms with van der Waals surface area (Å²) < 4.78 is 38.9. The molecule has 0 radical (unpaired) electrons. The summed E-state index contributed by atoms with van der Waals surface area (Å²) in [5.74, 6) is 0.842. The van der Waals surface area contributed by atoms with Crippen molar-refractivity contribution in [3.05, 3.63) is 47.5 Å². The summed E-state index contributed by atoms with van der Waals surface area (Å²) in [6.45, 7) is 1.81. The molecule has 0 aliphatic rings. The molecular weight excluding hydrogens is 370 g/mol. The van der Waals surface area contributed by atoms with E-state index in [1.54, 1.807) is 24.3 Å². The van der Waals surface area contributed by atoms with E-state index in [9.17, 15) is 13.2 Å². The molecule has 7 nitrogen and oxygen atoms in total. The third-order valence-electron chi connectivity index (χ3n) is 4.08. The van der Waals surface area contributed by atoms with Crippen LogP contribution in [0.5, 0.6) is 17.2 Å². The Morgan fingerprint density at radius 2 is 1.48 bits per heavy atom. The van der Waals surface area contributed by atoms with E-state index in [-0.39, 0.29) is 16.8 Å². The lowest BCUT2D eigenvalue weighted by Gasteiger charge is -2.17. The molecule has 0 unspecified atom stereocenters. The van der Waals surface area contributed by atoms with Gasteiger partial charge in [-0.1, -0.05) is 12.1 Å². The van der Waals surface area contributed by atoms with Gasteiger partial charge in [-0.25, -0.2) is 8.42 Å². The highest BCUT2D eigenvalue weighted by Gasteiger charge is 2.19. The summed E-state index contributed by atoms with van der Waals surface area (Å²) in [5.41, 5.74) is 1.13. The quantitative estimate of drug-likeness (QED) is 0.778. The number of rotatable bonds is 7. The highest BCUT2D eigenvalue weighted by molar-refractivity contribution is 7.90. The van der Waals surface area contributed by atoms with Crippen LogP contribution < -0.4 is 19.5 Å². The Hall–Kier alpha value is -2.74. The van der Waals surface area contributed by atoms with Gasteiger partial charge in [-0.2, -0.15) is 0 Å². The minimum atomic E-state index is -3.26. The summed E-state index contributed by atoms with van der Waals surface area (Å²) in [6.07, 6.45) is 1.15. The minimum absolute atomic E-state index is 0.231. The van der Waals surface area contributed by atoms with E-state index in [0.29, 0.717) is 22.8 Å². The zero-order valence-corrected chi connectivity index (χ0v) is 16.7. The van der Waals surface area contributed by atoms with E-state index in [4.69, 9.17) is 14.2 Å². The molecule has 27 heavy (non-hydrogen) atoms. The van der Waals surface area contributed by atoms with E-state index in [2.05, 4.69) is 5.32 Å². The Morgan fingerprint density at radius 1 is 0.963 bits per heavy atom. The molecule has 8 heteroatoms. The van der Waals surface area contributed by atoms with Gasteiger partial charge in [0, 0.05) is 11.8 Å².